The van der Waals surface area contributed by atoms with Crippen LogP contribution in [-0.2, 0) is 48.4 Å². The lowest BCUT2D eigenvalue weighted by molar-refractivity contribution is -0.384. The molecule has 0 bridgehead atoms. The molecular formula is C127H95BrCl6FNO7S2. The maximum absolute atomic E-state index is 13.8. The third kappa shape index (κ3) is 24.1. The van der Waals surface area contributed by atoms with E-state index in [1.54, 1.807) is 90.6 Å². The fraction of sp³-hybridized carbons (Fsp3) is 0.0945. The summed E-state index contributed by atoms with van der Waals surface area (Å²) < 4.78 is 54.3. The Bertz CT molecular complexity index is 7750. The number of rotatable bonds is 17. The van der Waals surface area contributed by atoms with Crippen LogP contribution in [0, 0.1) is 57.5 Å². The van der Waals surface area contributed by atoms with E-state index < -0.39 is 9.84 Å². The molecule has 0 unspecified atom stereocenters. The lowest BCUT2D eigenvalue weighted by Crippen LogP contribution is -2.04. The van der Waals surface area contributed by atoms with Crippen molar-refractivity contribution >= 4 is 185 Å². The van der Waals surface area contributed by atoms with Gasteiger partial charge in [0.2, 0.25) is 9.84 Å². The zero-order chi connectivity index (χ0) is 101. The average Bonchev–Trinajstić information content (AvgIpc) is 1.59. The van der Waals surface area contributed by atoms with Crippen LogP contribution < -0.4 is 9.47 Å². The van der Waals surface area contributed by atoms with Crippen molar-refractivity contribution in [2.45, 2.75) is 89.9 Å². The van der Waals surface area contributed by atoms with Gasteiger partial charge in [0, 0.05) is 103 Å². The van der Waals surface area contributed by atoms with Gasteiger partial charge < -0.3 is 9.47 Å². The van der Waals surface area contributed by atoms with Gasteiger partial charge in [0.1, 0.15) is 28.8 Å². The molecule has 6 aliphatic rings. The number of nitro benzene ring substituents is 1. The fourth-order valence-corrected chi connectivity index (χ4v) is 22.3. The molecule has 6 aliphatic carbocycles. The van der Waals surface area contributed by atoms with Crippen LogP contribution in [0.5, 0.6) is 11.5 Å². The van der Waals surface area contributed by atoms with Gasteiger partial charge in [-0.15, -0.1) is 0 Å². The molecule has 0 N–H and O–H groups in total. The Morgan fingerprint density at radius 1 is 0.352 bits per heavy atom. The van der Waals surface area contributed by atoms with E-state index in [1.807, 2.05) is 146 Å². The first-order valence-corrected chi connectivity index (χ1v) is 52.6. The number of benzene rings is 17. The molecule has 0 atom stereocenters. The van der Waals surface area contributed by atoms with Crippen LogP contribution in [0.3, 0.4) is 0 Å². The highest BCUT2D eigenvalue weighted by molar-refractivity contribution is 9.10. The van der Waals surface area contributed by atoms with Crippen molar-refractivity contribution in [3.8, 4) is 11.5 Å². The van der Waals surface area contributed by atoms with E-state index in [0.29, 0.717) is 48.5 Å². The number of ether oxygens (including phenoxy) is 2. The number of thioether (sulfide) groups is 1. The first-order chi connectivity index (χ1) is 70.0. The number of aryl methyl sites for hydroxylation is 6. The van der Waals surface area contributed by atoms with Crippen molar-refractivity contribution in [1.82, 2.24) is 0 Å². The molecule has 0 aromatic heterocycles. The molecule has 8 nitrogen and oxygen atoms in total. The number of sulfone groups is 1. The molecule has 0 fully saturated rings. The summed E-state index contributed by atoms with van der Waals surface area (Å²) in [6.07, 6.45) is 6.82. The van der Waals surface area contributed by atoms with E-state index in [4.69, 9.17) is 79.1 Å². The van der Waals surface area contributed by atoms with E-state index in [1.165, 1.54) is 99.3 Å². The Labute approximate surface area is 888 Å². The minimum atomic E-state index is -3.66. The summed E-state index contributed by atoms with van der Waals surface area (Å²) in [7, 11) is -3.66. The molecule has 0 amide bonds. The zero-order valence-electron chi connectivity index (χ0n) is 79.9. The normalized spacial score (nSPS) is 13.2. The highest BCUT2D eigenvalue weighted by Gasteiger charge is 2.35. The summed E-state index contributed by atoms with van der Waals surface area (Å²) in [5.41, 5.74) is 35.6. The monoisotopic (exact) mass is 2120 g/mol. The van der Waals surface area contributed by atoms with Crippen LogP contribution in [0.25, 0.3) is 66.4 Å². The summed E-state index contributed by atoms with van der Waals surface area (Å²) in [5.74, 6) is 2.89. The number of hydrogen-bond acceptors (Lipinski definition) is 8. The standard InChI is InChI=1S/C23H17ClO.C22H16BrClO.C22H16Cl2S.C22H16ClFO.C22H17ClO2S.C16H13NO2/c1-15-6-8-16(9-7-15)21-14-18-4-2-3-5-20(18)22(21)23(25)17-10-12-19(24)13-11-17;1-14-2-4-15(5-3-14)20-12-16-6-7-17(23)13-21(16)22(20)25-19-10-8-18(24)9-11-19;1-14-2-4-15(5-3-14)20-12-16-6-7-18(24)13-21(16)22(20)25-19-10-8-17(23)9-11-19;1-14-2-4-15(5-3-14)20-12-16-6-9-18(24)13-21(16)22(20)25-19-10-7-17(23)8-11-19;1-15-6-8-16(9-7-15)21-14-17-4-2-3-5-20(17)22(21)26(24,25)19-12-10-18(23)11-13-19;1-11-2-4-12(5-3-11)14-8-13-6-7-16(17(18)19)10-15(13)9-14/h2-13H,14H2,1H3;3*2-11,13H,12H2,1H3;2-13H,14H2,1H3;2-7,9-10H,8H2,1H3. The number of allylic oxidation sites excluding steroid dienone is 7. The highest BCUT2D eigenvalue weighted by Crippen LogP contribution is 2.51. The molecule has 0 saturated heterocycles. The number of non-ortho nitro benzene ring substituents is 1. The highest BCUT2D eigenvalue weighted by atomic mass is 79.9. The summed E-state index contributed by atoms with van der Waals surface area (Å²) >= 11 is 41.5. The number of ketones is 1. The van der Waals surface area contributed by atoms with Crippen molar-refractivity contribution in [3.63, 3.8) is 0 Å². The van der Waals surface area contributed by atoms with E-state index in [9.17, 15) is 27.7 Å². The van der Waals surface area contributed by atoms with Gasteiger partial charge in [-0.05, 0) is 336 Å². The lowest BCUT2D eigenvalue weighted by atomic mass is 9.93. The number of carbonyl (C=O) groups is 1. The minimum absolute atomic E-state index is 0.0530. The third-order valence-corrected chi connectivity index (χ3v) is 31.1. The molecule has 0 aliphatic heterocycles. The van der Waals surface area contributed by atoms with Crippen LogP contribution in [0.4, 0.5) is 10.1 Å². The third-order valence-electron chi connectivity index (χ3n) is 26.0. The van der Waals surface area contributed by atoms with Crippen LogP contribution >= 0.6 is 97.3 Å². The van der Waals surface area contributed by atoms with Crippen LogP contribution in [0.1, 0.15) is 144 Å². The van der Waals surface area contributed by atoms with E-state index in [2.05, 4.69) is 220 Å². The smallest absolute Gasteiger partial charge is 0.270 e. The Kier molecular flexibility index (Phi) is 31.7. The van der Waals surface area contributed by atoms with Gasteiger partial charge in [-0.25, -0.2) is 12.8 Å². The Hall–Kier alpha value is -13.7. The predicted molar refractivity (Wildman–Crippen MR) is 605 cm³/mol. The van der Waals surface area contributed by atoms with E-state index in [0.717, 1.165) is 147 Å². The SMILES string of the molecule is Cc1ccc(C2=C(C(=O)c3ccc(Cl)cc3)c3ccccc3C2)cc1.Cc1ccc(C2=C(Oc3ccc(Cl)cc3)c3cc(Br)ccc3C2)cc1.Cc1ccc(C2=C(Oc3ccc(Cl)cc3)c3cc(F)ccc3C2)cc1.Cc1ccc(C2=C(S(=O)(=O)c3ccc(Cl)cc3)c3ccccc3C2)cc1.Cc1ccc(C2=C(Sc3ccc(Cl)cc3)c3cc(Cl)ccc3C2)cc1.Cc1ccc(C2=Cc3cc([N+](=O)[O-])ccc3C2)cc1. The van der Waals surface area contributed by atoms with Crippen molar-refractivity contribution < 1.29 is 32.0 Å². The van der Waals surface area contributed by atoms with Gasteiger partial charge in [0.05, 0.1) is 14.7 Å². The van der Waals surface area contributed by atoms with Crippen molar-refractivity contribution in [1.29, 1.82) is 0 Å². The first kappa shape index (κ1) is 101. The average molecular weight is 2120 g/mol. The molecule has 145 heavy (non-hydrogen) atoms. The van der Waals surface area contributed by atoms with Crippen molar-refractivity contribution in [2.75, 3.05) is 0 Å². The zero-order valence-corrected chi connectivity index (χ0v) is 87.7. The minimum Gasteiger partial charge on any atom is -0.456 e. The van der Waals surface area contributed by atoms with E-state index in [-0.39, 0.29) is 27.1 Å². The first-order valence-electron chi connectivity index (χ1n) is 47.2. The molecule has 718 valence electrons. The van der Waals surface area contributed by atoms with Crippen LogP contribution in [0.2, 0.25) is 30.1 Å². The quantitative estimate of drug-likeness (QED) is 0.0503. The van der Waals surface area contributed by atoms with Gasteiger partial charge in [-0.1, -0.05) is 355 Å². The van der Waals surface area contributed by atoms with Gasteiger partial charge in [0.25, 0.3) is 5.69 Å². The number of nitro groups is 1. The fourth-order valence-electron chi connectivity index (χ4n) is 18.3. The van der Waals surface area contributed by atoms with Gasteiger partial charge in [-0.3, -0.25) is 14.9 Å². The van der Waals surface area contributed by atoms with Gasteiger partial charge in [0.15, 0.2) is 5.78 Å². The Morgan fingerprint density at radius 3 is 1.23 bits per heavy atom. The second kappa shape index (κ2) is 45.3. The molecule has 0 radical (unpaired) electrons. The maximum atomic E-state index is 13.8. The summed E-state index contributed by atoms with van der Waals surface area (Å²) in [6.45, 7) is 12.4. The van der Waals surface area contributed by atoms with Crippen molar-refractivity contribution in [2.24, 2.45) is 0 Å². The molecule has 0 saturated carbocycles. The second-order valence-electron chi connectivity index (χ2n) is 36.3. The predicted octanol–water partition coefficient (Wildman–Crippen LogP) is 36.3. The largest absolute Gasteiger partial charge is 0.456 e. The number of fused-ring (bicyclic) bond motifs is 6. The summed E-state index contributed by atoms with van der Waals surface area (Å²) in [5, 5.41) is 14.8. The topological polar surface area (TPSA) is 113 Å². The summed E-state index contributed by atoms with van der Waals surface area (Å²) in [4.78, 5) is 26.8. The molecule has 17 aromatic rings. The molecule has 0 spiro atoms. The number of hydrogen-bond donors (Lipinski definition) is 0. The second-order valence-corrected chi connectivity index (χ2v) is 42.8. The molecule has 23 rings (SSSR count). The number of nitrogens with zero attached hydrogens (tertiary/aromatic N) is 1. The number of halogens is 8. The molecule has 17 aromatic carbocycles. The molecule has 0 heterocycles. The maximum Gasteiger partial charge on any atom is 0.270 e. The van der Waals surface area contributed by atoms with Gasteiger partial charge >= 0.3 is 0 Å². The van der Waals surface area contributed by atoms with Crippen LogP contribution in [0.15, 0.2) is 403 Å². The van der Waals surface area contributed by atoms with Gasteiger partial charge in [-0.2, -0.15) is 0 Å². The molecule has 18 heteroatoms. The van der Waals surface area contributed by atoms with Crippen molar-refractivity contribution in [3.05, 3.63) is 578 Å². The Morgan fingerprint density at radius 2 is 0.724 bits per heavy atom. The lowest BCUT2D eigenvalue weighted by Gasteiger charge is -2.12. The Balaban J connectivity index is 0.000000115. The van der Waals surface area contributed by atoms with E-state index >= 15 is 0 Å². The van der Waals surface area contributed by atoms with Crippen LogP contribution in [-0.4, -0.2) is 19.1 Å². The number of carbonyl (C=O) groups excluding carboxylic acids is 1. The molecular weight excluding hydrogens is 2030 g/mol. The number of Topliss-reactive ketones (excluding diaryl/α,β-unsaturated/α-hetero) is 1. The summed E-state index contributed by atoms with van der Waals surface area (Å²) in [6, 6.07) is 125.